The molecule has 0 unspecified atom stereocenters. The summed E-state index contributed by atoms with van der Waals surface area (Å²) >= 11 is 0. The largest absolute Gasteiger partial charge is 0.493 e. The van der Waals surface area contributed by atoms with Crippen LogP contribution in [0, 0.1) is 18.3 Å². The van der Waals surface area contributed by atoms with Crippen LogP contribution in [0.1, 0.15) is 56.2 Å². The molecule has 6 nitrogen and oxygen atoms in total. The number of pyridine rings is 1. The Morgan fingerprint density at radius 2 is 1.81 bits per heavy atom. The highest BCUT2D eigenvalue weighted by Crippen LogP contribution is 2.27. The van der Waals surface area contributed by atoms with E-state index in [1.165, 1.54) is 10.1 Å². The zero-order valence-electron chi connectivity index (χ0n) is 16.2. The number of nitriles is 1. The molecule has 0 amide bonds. The van der Waals surface area contributed by atoms with Gasteiger partial charge in [0, 0.05) is 12.1 Å². The van der Waals surface area contributed by atoms with Gasteiger partial charge < -0.3 is 5.11 Å². The molecule has 0 radical (unpaired) electrons. The van der Waals surface area contributed by atoms with Crippen molar-refractivity contribution >= 4 is 11.4 Å². The van der Waals surface area contributed by atoms with Gasteiger partial charge in [-0.1, -0.05) is 45.2 Å². The van der Waals surface area contributed by atoms with E-state index in [1.54, 1.807) is 6.92 Å². The van der Waals surface area contributed by atoms with Crippen LogP contribution in [-0.2, 0) is 13.0 Å². The molecule has 2 aromatic rings. The van der Waals surface area contributed by atoms with Crippen LogP contribution < -0.4 is 5.56 Å². The fourth-order valence-corrected chi connectivity index (χ4v) is 2.87. The average molecular weight is 366 g/mol. The van der Waals surface area contributed by atoms with Crippen molar-refractivity contribution in [3.63, 3.8) is 0 Å². The third-order valence-corrected chi connectivity index (χ3v) is 4.61. The van der Waals surface area contributed by atoms with Gasteiger partial charge in [0.1, 0.15) is 11.6 Å². The Morgan fingerprint density at radius 1 is 1.11 bits per heavy atom. The Bertz CT molecular complexity index is 906. The van der Waals surface area contributed by atoms with Gasteiger partial charge in [0.15, 0.2) is 5.69 Å². The van der Waals surface area contributed by atoms with Gasteiger partial charge in [-0.2, -0.15) is 10.4 Å². The van der Waals surface area contributed by atoms with Gasteiger partial charge in [-0.25, -0.2) is 0 Å². The van der Waals surface area contributed by atoms with Gasteiger partial charge in [0.2, 0.25) is 5.88 Å². The molecule has 0 aliphatic carbocycles. The van der Waals surface area contributed by atoms with E-state index in [9.17, 15) is 15.2 Å². The smallest absolute Gasteiger partial charge is 0.281 e. The van der Waals surface area contributed by atoms with E-state index in [4.69, 9.17) is 0 Å². The van der Waals surface area contributed by atoms with Crippen molar-refractivity contribution in [2.75, 3.05) is 0 Å². The maximum Gasteiger partial charge on any atom is 0.281 e. The predicted molar refractivity (Wildman–Crippen MR) is 106 cm³/mol. The standard InChI is InChI=1S/C21H26N4O2/c1-4-6-7-8-13-25-20(26)18(14-22)15(3)19(21(25)27)24-23-17-11-9-16(5-2)10-12-17/h9-12,26H,4-8,13H2,1-3H3. The first kappa shape index (κ1) is 20.4. The zero-order valence-corrected chi connectivity index (χ0v) is 16.2. The number of hydrogen-bond acceptors (Lipinski definition) is 5. The molecule has 1 heterocycles. The number of aryl methyl sites for hydroxylation is 1. The first-order valence-corrected chi connectivity index (χ1v) is 9.40. The Labute approximate surface area is 159 Å². The number of azo groups is 1. The van der Waals surface area contributed by atoms with Crippen molar-refractivity contribution in [2.24, 2.45) is 10.2 Å². The molecule has 0 spiro atoms. The second kappa shape index (κ2) is 9.67. The van der Waals surface area contributed by atoms with Crippen molar-refractivity contribution in [2.45, 2.75) is 59.4 Å². The molecule has 1 aromatic heterocycles. The Hall–Kier alpha value is -2.94. The zero-order chi connectivity index (χ0) is 19.8. The van der Waals surface area contributed by atoms with Crippen LogP contribution in [0.4, 0.5) is 11.4 Å². The van der Waals surface area contributed by atoms with E-state index in [1.807, 2.05) is 30.3 Å². The number of aromatic hydroxyl groups is 1. The average Bonchev–Trinajstić information content (AvgIpc) is 2.68. The number of unbranched alkanes of at least 4 members (excludes halogenated alkanes) is 3. The summed E-state index contributed by atoms with van der Waals surface area (Å²) in [6.07, 6.45) is 4.78. The molecule has 1 aromatic carbocycles. The first-order valence-electron chi connectivity index (χ1n) is 9.40. The fraction of sp³-hybridized carbons (Fsp3) is 0.429. The quantitative estimate of drug-likeness (QED) is 0.508. The van der Waals surface area contributed by atoms with Gasteiger partial charge in [-0.3, -0.25) is 9.36 Å². The fourth-order valence-electron chi connectivity index (χ4n) is 2.87. The molecule has 142 valence electrons. The van der Waals surface area contributed by atoms with E-state index in [-0.39, 0.29) is 17.1 Å². The van der Waals surface area contributed by atoms with Crippen LogP contribution in [0.3, 0.4) is 0 Å². The van der Waals surface area contributed by atoms with Crippen molar-refractivity contribution in [1.29, 1.82) is 5.26 Å². The van der Waals surface area contributed by atoms with Crippen molar-refractivity contribution in [1.82, 2.24) is 4.57 Å². The lowest BCUT2D eigenvalue weighted by molar-refractivity contribution is 0.397. The SMILES string of the molecule is CCCCCCn1c(O)c(C#N)c(C)c(N=Nc2ccc(CC)cc2)c1=O. The number of benzene rings is 1. The van der Waals surface area contributed by atoms with Crippen LogP contribution in [0.15, 0.2) is 39.3 Å². The Balaban J connectivity index is 2.40. The third-order valence-electron chi connectivity index (χ3n) is 4.61. The first-order chi connectivity index (χ1) is 13.0. The number of nitrogens with zero attached hydrogens (tertiary/aromatic N) is 4. The summed E-state index contributed by atoms with van der Waals surface area (Å²) < 4.78 is 1.23. The molecule has 2 rings (SSSR count). The summed E-state index contributed by atoms with van der Waals surface area (Å²) in [6, 6.07) is 9.58. The summed E-state index contributed by atoms with van der Waals surface area (Å²) in [5.74, 6) is -0.289. The monoisotopic (exact) mass is 366 g/mol. The highest BCUT2D eigenvalue weighted by Gasteiger charge is 2.18. The molecule has 27 heavy (non-hydrogen) atoms. The van der Waals surface area contributed by atoms with Gasteiger partial charge >= 0.3 is 0 Å². The summed E-state index contributed by atoms with van der Waals surface area (Å²) in [7, 11) is 0. The van der Waals surface area contributed by atoms with Crippen molar-refractivity contribution < 1.29 is 5.11 Å². The molecule has 0 saturated heterocycles. The number of aromatic nitrogens is 1. The van der Waals surface area contributed by atoms with Crippen LogP contribution >= 0.6 is 0 Å². The molecule has 0 saturated carbocycles. The molecule has 6 heteroatoms. The maximum atomic E-state index is 12.8. The van der Waals surface area contributed by atoms with Crippen LogP contribution in [-0.4, -0.2) is 9.67 Å². The summed E-state index contributed by atoms with van der Waals surface area (Å²) in [5.41, 5.74) is 1.91. The molecule has 0 fully saturated rings. The second-order valence-electron chi connectivity index (χ2n) is 6.52. The van der Waals surface area contributed by atoms with Crippen molar-refractivity contribution in [3.8, 4) is 11.9 Å². The highest BCUT2D eigenvalue weighted by atomic mass is 16.3. The lowest BCUT2D eigenvalue weighted by Gasteiger charge is -2.12. The minimum atomic E-state index is -0.422. The normalized spacial score (nSPS) is 11.0. The number of rotatable bonds is 8. The van der Waals surface area contributed by atoms with Gasteiger partial charge in [-0.05, 0) is 37.5 Å². The summed E-state index contributed by atoms with van der Waals surface area (Å²) in [6.45, 7) is 6.14. The summed E-state index contributed by atoms with van der Waals surface area (Å²) in [5, 5.41) is 28.0. The minimum Gasteiger partial charge on any atom is -0.493 e. The molecule has 0 aliphatic rings. The van der Waals surface area contributed by atoms with Crippen LogP contribution in [0.25, 0.3) is 0 Å². The number of hydrogen-bond donors (Lipinski definition) is 1. The van der Waals surface area contributed by atoms with E-state index in [0.29, 0.717) is 17.8 Å². The van der Waals surface area contributed by atoms with Crippen molar-refractivity contribution in [3.05, 3.63) is 51.3 Å². The van der Waals surface area contributed by atoms with Gasteiger partial charge in [-0.15, -0.1) is 5.11 Å². The molecule has 0 bridgehead atoms. The second-order valence-corrected chi connectivity index (χ2v) is 6.52. The van der Waals surface area contributed by atoms with E-state index in [2.05, 4.69) is 24.1 Å². The Kier molecular flexibility index (Phi) is 7.30. The molecule has 0 atom stereocenters. The third kappa shape index (κ3) is 4.82. The van der Waals surface area contributed by atoms with Gasteiger partial charge in [0.25, 0.3) is 5.56 Å². The van der Waals surface area contributed by atoms with Crippen LogP contribution in [0.5, 0.6) is 5.88 Å². The van der Waals surface area contributed by atoms with Crippen LogP contribution in [0.2, 0.25) is 0 Å². The van der Waals surface area contributed by atoms with Gasteiger partial charge in [0.05, 0.1) is 5.69 Å². The lowest BCUT2D eigenvalue weighted by Crippen LogP contribution is -2.22. The van der Waals surface area contributed by atoms with E-state index in [0.717, 1.165) is 32.1 Å². The summed E-state index contributed by atoms with van der Waals surface area (Å²) in [4.78, 5) is 12.8. The highest BCUT2D eigenvalue weighted by molar-refractivity contribution is 5.56. The topological polar surface area (TPSA) is 90.7 Å². The maximum absolute atomic E-state index is 12.8. The molecular formula is C21H26N4O2. The molecule has 0 aliphatic heterocycles. The van der Waals surface area contributed by atoms with E-state index >= 15 is 0 Å². The van der Waals surface area contributed by atoms with E-state index < -0.39 is 5.56 Å². The predicted octanol–water partition coefficient (Wildman–Crippen LogP) is 5.29. The lowest BCUT2D eigenvalue weighted by atomic mass is 10.1. The minimum absolute atomic E-state index is 0.0698. The molecular weight excluding hydrogens is 340 g/mol. The molecule has 1 N–H and O–H groups in total. The Morgan fingerprint density at radius 3 is 2.41 bits per heavy atom.